The smallest absolute Gasteiger partial charge is 0.215 e. The van der Waals surface area contributed by atoms with Gasteiger partial charge >= 0.3 is 0 Å². The average Bonchev–Trinajstić information content (AvgIpc) is 2.69. The SMILES string of the molecule is CC1(O)COC(OC2C(N)CC(N)C(OC3OC(CN)=CCC3N)C2O)C(O)C1N. The summed E-state index contributed by atoms with van der Waals surface area (Å²) in [7, 11) is 0. The minimum atomic E-state index is -1.41. The summed E-state index contributed by atoms with van der Waals surface area (Å²) in [5, 5.41) is 31.5. The molecule has 0 amide bonds. The van der Waals surface area contributed by atoms with E-state index in [1.807, 2.05) is 0 Å². The molecule has 0 spiro atoms. The molecule has 2 fully saturated rings. The fourth-order valence-electron chi connectivity index (χ4n) is 3.97. The van der Waals surface area contributed by atoms with Gasteiger partial charge in [0.1, 0.15) is 35.8 Å². The molecule has 3 rings (SSSR count). The molecule has 12 nitrogen and oxygen atoms in total. The molecule has 1 aliphatic carbocycles. The van der Waals surface area contributed by atoms with Crippen LogP contribution < -0.4 is 28.7 Å². The molecule has 174 valence electrons. The van der Waals surface area contributed by atoms with E-state index in [9.17, 15) is 15.3 Å². The van der Waals surface area contributed by atoms with Crippen molar-refractivity contribution in [3.63, 3.8) is 0 Å². The quantitative estimate of drug-likeness (QED) is 0.207. The third-order valence-corrected chi connectivity index (χ3v) is 5.98. The lowest BCUT2D eigenvalue weighted by Gasteiger charge is -2.47. The molecule has 2 heterocycles. The van der Waals surface area contributed by atoms with E-state index < -0.39 is 66.8 Å². The maximum Gasteiger partial charge on any atom is 0.215 e. The summed E-state index contributed by atoms with van der Waals surface area (Å²) < 4.78 is 22.8. The number of nitrogens with two attached hydrogens (primary N) is 5. The van der Waals surface area contributed by atoms with Crippen molar-refractivity contribution < 1.29 is 34.3 Å². The first kappa shape index (κ1) is 23.8. The highest BCUT2D eigenvalue weighted by Gasteiger charge is 2.50. The van der Waals surface area contributed by atoms with Gasteiger partial charge in [-0.3, -0.25) is 0 Å². The minimum absolute atomic E-state index is 0.146. The lowest BCUT2D eigenvalue weighted by atomic mass is 9.84. The minimum Gasteiger partial charge on any atom is -0.467 e. The van der Waals surface area contributed by atoms with Gasteiger partial charge in [0.25, 0.3) is 0 Å². The maximum absolute atomic E-state index is 10.9. The van der Waals surface area contributed by atoms with Gasteiger partial charge in [-0.25, -0.2) is 0 Å². The van der Waals surface area contributed by atoms with Gasteiger partial charge in [-0.1, -0.05) is 0 Å². The molecule has 0 aromatic carbocycles. The van der Waals surface area contributed by atoms with Gasteiger partial charge in [-0.05, 0) is 25.8 Å². The number of ether oxygens (including phenoxy) is 4. The molecule has 0 radical (unpaired) electrons. The summed E-state index contributed by atoms with van der Waals surface area (Å²) in [6, 6.07) is -2.71. The number of rotatable bonds is 5. The second kappa shape index (κ2) is 9.30. The van der Waals surface area contributed by atoms with Crippen LogP contribution in [-0.4, -0.2) is 95.2 Å². The Morgan fingerprint density at radius 2 is 1.63 bits per heavy atom. The highest BCUT2D eigenvalue weighted by Crippen LogP contribution is 2.30. The van der Waals surface area contributed by atoms with Crippen LogP contribution in [0.5, 0.6) is 0 Å². The summed E-state index contributed by atoms with van der Waals surface area (Å²) in [6.07, 6.45) is -3.86. The Kier molecular flexibility index (Phi) is 7.37. The fourth-order valence-corrected chi connectivity index (χ4v) is 3.97. The third kappa shape index (κ3) is 4.79. The van der Waals surface area contributed by atoms with Gasteiger partial charge in [0.2, 0.25) is 6.29 Å². The van der Waals surface area contributed by atoms with Gasteiger partial charge in [0.15, 0.2) is 6.29 Å². The van der Waals surface area contributed by atoms with Crippen molar-refractivity contribution in [2.45, 2.75) is 86.5 Å². The van der Waals surface area contributed by atoms with Crippen LogP contribution in [0.3, 0.4) is 0 Å². The largest absolute Gasteiger partial charge is 0.467 e. The van der Waals surface area contributed by atoms with Gasteiger partial charge in [-0.15, -0.1) is 0 Å². The molecule has 1 saturated heterocycles. The molecule has 0 aromatic rings. The van der Waals surface area contributed by atoms with E-state index in [1.54, 1.807) is 6.08 Å². The van der Waals surface area contributed by atoms with E-state index >= 15 is 0 Å². The average molecular weight is 434 g/mol. The van der Waals surface area contributed by atoms with Crippen LogP contribution in [0.1, 0.15) is 19.8 Å². The van der Waals surface area contributed by atoms with Gasteiger partial charge < -0.3 is 62.9 Å². The second-order valence-corrected chi connectivity index (χ2v) is 8.57. The number of aliphatic hydroxyl groups excluding tert-OH is 2. The molecule has 11 atom stereocenters. The van der Waals surface area contributed by atoms with Crippen LogP contribution >= 0.6 is 0 Å². The molecule has 2 aliphatic heterocycles. The Balaban J connectivity index is 1.68. The lowest BCUT2D eigenvalue weighted by Crippen LogP contribution is -2.68. The van der Waals surface area contributed by atoms with Crippen molar-refractivity contribution in [1.82, 2.24) is 0 Å². The Morgan fingerprint density at radius 1 is 1.03 bits per heavy atom. The van der Waals surface area contributed by atoms with E-state index in [-0.39, 0.29) is 19.6 Å². The molecule has 1 saturated carbocycles. The molecule has 12 heteroatoms. The maximum atomic E-state index is 10.9. The van der Waals surface area contributed by atoms with Crippen LogP contribution in [0.25, 0.3) is 0 Å². The second-order valence-electron chi connectivity index (χ2n) is 8.57. The summed E-state index contributed by atoms with van der Waals surface area (Å²) in [5.41, 5.74) is 28.5. The molecular weight excluding hydrogens is 398 g/mol. The molecule has 0 aromatic heterocycles. The van der Waals surface area contributed by atoms with Crippen molar-refractivity contribution >= 4 is 0 Å². The van der Waals surface area contributed by atoms with E-state index in [4.69, 9.17) is 47.6 Å². The van der Waals surface area contributed by atoms with Crippen molar-refractivity contribution in [3.8, 4) is 0 Å². The van der Waals surface area contributed by atoms with Crippen LogP contribution in [0.15, 0.2) is 11.8 Å². The zero-order chi connectivity index (χ0) is 22.2. The van der Waals surface area contributed by atoms with Crippen LogP contribution in [0.4, 0.5) is 0 Å². The van der Waals surface area contributed by atoms with Crippen molar-refractivity contribution in [2.24, 2.45) is 28.7 Å². The van der Waals surface area contributed by atoms with Gasteiger partial charge in [-0.2, -0.15) is 0 Å². The van der Waals surface area contributed by atoms with Crippen molar-refractivity contribution in [1.29, 1.82) is 0 Å². The monoisotopic (exact) mass is 433 g/mol. The van der Waals surface area contributed by atoms with Crippen molar-refractivity contribution in [2.75, 3.05) is 13.2 Å². The summed E-state index contributed by atoms with van der Waals surface area (Å²) in [4.78, 5) is 0. The van der Waals surface area contributed by atoms with Crippen LogP contribution in [-0.2, 0) is 18.9 Å². The summed E-state index contributed by atoms with van der Waals surface area (Å²) in [6.45, 7) is 1.51. The first-order valence-electron chi connectivity index (χ1n) is 10.1. The lowest BCUT2D eigenvalue weighted by molar-refractivity contribution is -0.300. The Labute approximate surface area is 175 Å². The molecule has 3 aliphatic rings. The Hall–Kier alpha value is -0.900. The van der Waals surface area contributed by atoms with Crippen LogP contribution in [0.2, 0.25) is 0 Å². The fraction of sp³-hybridized carbons (Fsp3) is 0.889. The molecule has 0 bridgehead atoms. The number of hydrogen-bond acceptors (Lipinski definition) is 12. The zero-order valence-electron chi connectivity index (χ0n) is 17.0. The zero-order valence-corrected chi connectivity index (χ0v) is 17.0. The number of hydrogen-bond donors (Lipinski definition) is 8. The topological polar surface area (TPSA) is 228 Å². The van der Waals surface area contributed by atoms with E-state index in [2.05, 4.69) is 0 Å². The Morgan fingerprint density at radius 3 is 2.23 bits per heavy atom. The van der Waals surface area contributed by atoms with E-state index in [0.717, 1.165) is 0 Å². The highest BCUT2D eigenvalue weighted by molar-refractivity contribution is 5.04. The molecule has 13 N–H and O–H groups in total. The van der Waals surface area contributed by atoms with Crippen LogP contribution in [0, 0.1) is 0 Å². The molecule has 30 heavy (non-hydrogen) atoms. The molecular formula is C18H35N5O7. The first-order valence-corrected chi connectivity index (χ1v) is 10.1. The van der Waals surface area contributed by atoms with E-state index in [0.29, 0.717) is 12.2 Å². The molecule has 11 unspecified atom stereocenters. The standard InChI is InChI=1S/C18H35N5O7/c1-18(26)6-27-17(12(25)15(18)23)30-14-10(22)4-9(21)13(11(14)24)29-16-8(20)3-2-7(5-19)28-16/h2,8-17,24-26H,3-6,19-23H2,1H3. The number of aliphatic hydroxyl groups is 3. The van der Waals surface area contributed by atoms with Gasteiger partial charge in [0, 0.05) is 12.1 Å². The van der Waals surface area contributed by atoms with Gasteiger partial charge in [0.05, 0.1) is 25.2 Å². The van der Waals surface area contributed by atoms with E-state index in [1.165, 1.54) is 6.92 Å². The Bertz CT molecular complexity index is 624. The predicted molar refractivity (Wildman–Crippen MR) is 105 cm³/mol. The normalized spacial score (nSPS) is 50.0. The third-order valence-electron chi connectivity index (χ3n) is 5.98. The van der Waals surface area contributed by atoms with Crippen molar-refractivity contribution in [3.05, 3.63) is 11.8 Å². The first-order chi connectivity index (χ1) is 14.0. The highest BCUT2D eigenvalue weighted by atomic mass is 16.7. The summed E-state index contributed by atoms with van der Waals surface area (Å²) >= 11 is 0. The summed E-state index contributed by atoms with van der Waals surface area (Å²) in [5.74, 6) is 0.546. The predicted octanol–water partition coefficient (Wildman–Crippen LogP) is -4.11.